The van der Waals surface area contributed by atoms with Crippen LogP contribution in [0.5, 0.6) is 0 Å². The Morgan fingerprint density at radius 3 is 2.65 bits per heavy atom. The van der Waals surface area contributed by atoms with Crippen LogP contribution in [-0.4, -0.2) is 17.4 Å². The van der Waals surface area contributed by atoms with E-state index in [1.165, 1.54) is 25.5 Å². The first kappa shape index (κ1) is 11.2. The van der Waals surface area contributed by atoms with E-state index < -0.39 is 0 Å². The third-order valence-corrected chi connectivity index (χ3v) is 2.23. The lowest BCUT2D eigenvalue weighted by atomic mass is 10.1. The number of ether oxygens (including phenoxy) is 1. The molecule has 0 saturated carbocycles. The summed E-state index contributed by atoms with van der Waals surface area (Å²) in [5.41, 5.74) is 1.37. The number of aliphatic hydroxyl groups excluding tert-OH is 1. The average Bonchev–Trinajstić information content (AvgIpc) is 2.73. The predicted molar refractivity (Wildman–Crippen MR) is 59.7 cm³/mol. The highest BCUT2D eigenvalue weighted by atomic mass is 19.1. The molecule has 0 fully saturated rings. The number of benzene rings is 1. The lowest BCUT2D eigenvalue weighted by molar-refractivity contribution is 0.349. The molecule has 17 heavy (non-hydrogen) atoms. The van der Waals surface area contributed by atoms with Gasteiger partial charge in [-0.3, -0.25) is 0 Å². The first-order valence-corrected chi connectivity index (χ1v) is 4.85. The Bertz CT molecular complexity index is 616. The van der Waals surface area contributed by atoms with Crippen molar-refractivity contribution in [1.82, 2.24) is 5.16 Å². The molecule has 0 aliphatic heterocycles. The molecule has 4 nitrogen and oxygen atoms in total. The van der Waals surface area contributed by atoms with Gasteiger partial charge < -0.3 is 14.4 Å². The molecule has 2 rings (SSSR count). The summed E-state index contributed by atoms with van der Waals surface area (Å²) in [6, 6.07) is 5.73. The molecule has 0 atom stereocenters. The maximum Gasteiger partial charge on any atom is 0.204 e. The largest absolute Gasteiger partial charge is 0.515 e. The third-order valence-electron chi connectivity index (χ3n) is 2.23. The summed E-state index contributed by atoms with van der Waals surface area (Å²) in [6.45, 7) is 0. The quantitative estimate of drug-likeness (QED) is 0.848. The van der Waals surface area contributed by atoms with Gasteiger partial charge >= 0.3 is 0 Å². The zero-order valence-electron chi connectivity index (χ0n) is 9.05. The molecule has 0 saturated heterocycles. The number of hydrogen-bond donors (Lipinski definition) is 1. The Morgan fingerprint density at radius 2 is 2.06 bits per heavy atom. The number of aliphatic hydroxyl groups is 1. The van der Waals surface area contributed by atoms with Crippen molar-refractivity contribution in [1.29, 1.82) is 0 Å². The fraction of sp³-hybridized carbons (Fsp3) is 0.0833. The molecule has 1 N–H and O–H groups in total. The van der Waals surface area contributed by atoms with Crippen LogP contribution in [0, 0.1) is 5.82 Å². The van der Waals surface area contributed by atoms with Crippen molar-refractivity contribution in [2.75, 3.05) is 7.11 Å². The summed E-state index contributed by atoms with van der Waals surface area (Å²) < 4.78 is 22.6. The molecule has 1 aromatic carbocycles. The van der Waals surface area contributed by atoms with Gasteiger partial charge in [0.1, 0.15) is 17.8 Å². The molecular formula is C12H10FNO3. The van der Waals surface area contributed by atoms with Crippen LogP contribution in [0.1, 0.15) is 0 Å². The molecule has 0 spiro atoms. The molecule has 2 aromatic rings. The Hall–Kier alpha value is -2.30. The summed E-state index contributed by atoms with van der Waals surface area (Å²) in [5.74, 6) is -0.338. The first-order chi connectivity index (χ1) is 8.26. The summed E-state index contributed by atoms with van der Waals surface area (Å²) in [7, 11) is 1.46. The minimum absolute atomic E-state index is 0.300. The van der Waals surface area contributed by atoms with E-state index in [1.807, 2.05) is 0 Å². The summed E-state index contributed by atoms with van der Waals surface area (Å²) in [6.07, 6.45) is 2.20. The number of halogens is 1. The van der Waals surface area contributed by atoms with Crippen molar-refractivity contribution in [2.45, 2.75) is 0 Å². The van der Waals surface area contributed by atoms with Crippen molar-refractivity contribution < 1.29 is 18.8 Å². The van der Waals surface area contributed by atoms with Crippen LogP contribution >= 0.6 is 0 Å². The number of hydrogen-bond acceptors (Lipinski definition) is 4. The second kappa shape index (κ2) is 4.69. The normalized spacial score (nSPS) is 13.1. The standard InChI is InChI=1S/C12H10FNO3/c1-16-7-11-10(6-15)12(14-17-11)8-2-4-9(13)5-3-8/h2-7,15H,1H3/b10-6?,11-7-. The van der Waals surface area contributed by atoms with Gasteiger partial charge in [-0.2, -0.15) is 0 Å². The van der Waals surface area contributed by atoms with Crippen molar-refractivity contribution >= 4 is 12.5 Å². The van der Waals surface area contributed by atoms with Gasteiger partial charge in [0.15, 0.2) is 0 Å². The highest BCUT2D eigenvalue weighted by Crippen LogP contribution is 2.12. The van der Waals surface area contributed by atoms with Gasteiger partial charge in [0.05, 0.1) is 18.6 Å². The maximum atomic E-state index is 12.8. The highest BCUT2D eigenvalue weighted by molar-refractivity contribution is 5.59. The molecule has 0 bridgehead atoms. The zero-order chi connectivity index (χ0) is 12.3. The average molecular weight is 235 g/mol. The summed E-state index contributed by atoms with van der Waals surface area (Å²) >= 11 is 0. The van der Waals surface area contributed by atoms with Crippen LogP contribution in [0.25, 0.3) is 23.8 Å². The van der Waals surface area contributed by atoms with Crippen LogP contribution in [0.4, 0.5) is 4.39 Å². The van der Waals surface area contributed by atoms with Gasteiger partial charge in [0.25, 0.3) is 0 Å². The summed E-state index contributed by atoms with van der Waals surface area (Å²) in [4.78, 5) is 0. The lowest BCUT2D eigenvalue weighted by Crippen LogP contribution is -2.21. The van der Waals surface area contributed by atoms with Gasteiger partial charge in [0.2, 0.25) is 5.42 Å². The predicted octanol–water partition coefficient (Wildman–Crippen LogP) is 1.16. The van der Waals surface area contributed by atoms with E-state index >= 15 is 0 Å². The fourth-order valence-electron chi connectivity index (χ4n) is 1.44. The molecule has 0 radical (unpaired) electrons. The lowest BCUT2D eigenvalue weighted by Gasteiger charge is -1.94. The Kier molecular flexibility index (Phi) is 3.09. The van der Waals surface area contributed by atoms with E-state index in [9.17, 15) is 4.39 Å². The van der Waals surface area contributed by atoms with Crippen molar-refractivity contribution in [3.8, 4) is 11.3 Å². The van der Waals surface area contributed by atoms with E-state index in [-0.39, 0.29) is 5.82 Å². The third kappa shape index (κ3) is 2.13. The van der Waals surface area contributed by atoms with Crippen LogP contribution in [0.3, 0.4) is 0 Å². The molecule has 1 heterocycles. The van der Waals surface area contributed by atoms with Crippen molar-refractivity contribution in [3.63, 3.8) is 0 Å². The Balaban J connectivity index is 2.61. The Morgan fingerprint density at radius 1 is 1.35 bits per heavy atom. The molecular weight excluding hydrogens is 225 g/mol. The minimum Gasteiger partial charge on any atom is -0.515 e. The van der Waals surface area contributed by atoms with E-state index in [1.54, 1.807) is 12.1 Å². The smallest absolute Gasteiger partial charge is 0.204 e. The van der Waals surface area contributed by atoms with Crippen molar-refractivity contribution in [3.05, 3.63) is 40.7 Å². The van der Waals surface area contributed by atoms with Gasteiger partial charge in [0, 0.05) is 5.56 Å². The maximum absolute atomic E-state index is 12.8. The SMILES string of the molecule is CO/C=c1\onc(-c2ccc(F)cc2)c1=CO. The monoisotopic (exact) mass is 235 g/mol. The molecule has 0 amide bonds. The van der Waals surface area contributed by atoms with E-state index in [0.717, 1.165) is 6.26 Å². The molecule has 0 aliphatic rings. The topological polar surface area (TPSA) is 55.5 Å². The van der Waals surface area contributed by atoms with Crippen LogP contribution in [0.15, 0.2) is 28.8 Å². The highest BCUT2D eigenvalue weighted by Gasteiger charge is 2.07. The summed E-state index contributed by atoms with van der Waals surface area (Å²) in [5, 5.41) is 13.3. The molecule has 1 aromatic heterocycles. The van der Waals surface area contributed by atoms with Gasteiger partial charge in [-0.15, -0.1) is 0 Å². The minimum atomic E-state index is -0.338. The van der Waals surface area contributed by atoms with Crippen LogP contribution in [0.2, 0.25) is 0 Å². The van der Waals surface area contributed by atoms with Crippen LogP contribution < -0.4 is 10.6 Å². The zero-order valence-corrected chi connectivity index (χ0v) is 9.05. The second-order valence-electron chi connectivity index (χ2n) is 3.30. The molecule has 0 aliphatic carbocycles. The second-order valence-corrected chi connectivity index (χ2v) is 3.30. The number of nitrogens with zero attached hydrogens (tertiary/aromatic N) is 1. The van der Waals surface area contributed by atoms with E-state index in [2.05, 4.69) is 5.16 Å². The van der Waals surface area contributed by atoms with Gasteiger partial charge in [-0.05, 0) is 24.3 Å². The molecule has 5 heteroatoms. The fourth-order valence-corrected chi connectivity index (χ4v) is 1.44. The first-order valence-electron chi connectivity index (χ1n) is 4.85. The van der Waals surface area contributed by atoms with Gasteiger partial charge in [-0.25, -0.2) is 4.39 Å². The van der Waals surface area contributed by atoms with Crippen LogP contribution in [-0.2, 0) is 4.74 Å². The molecule has 88 valence electrons. The number of rotatable bonds is 2. The number of methoxy groups -OCH3 is 1. The van der Waals surface area contributed by atoms with Gasteiger partial charge in [-0.1, -0.05) is 5.16 Å². The van der Waals surface area contributed by atoms with E-state index in [4.69, 9.17) is 14.4 Å². The van der Waals surface area contributed by atoms with Crippen molar-refractivity contribution in [2.24, 2.45) is 0 Å². The Labute approximate surface area is 96.2 Å². The molecule has 0 unspecified atom stereocenters. The van der Waals surface area contributed by atoms with E-state index in [0.29, 0.717) is 21.9 Å². The number of aromatic nitrogens is 1.